The maximum absolute atomic E-state index is 12.7. The molecular formula is C26H32N4O5. The first-order valence-corrected chi connectivity index (χ1v) is 12.3. The highest BCUT2D eigenvalue weighted by molar-refractivity contribution is 5.75. The van der Waals surface area contributed by atoms with Crippen LogP contribution >= 0.6 is 0 Å². The summed E-state index contributed by atoms with van der Waals surface area (Å²) in [6, 6.07) is 7.27. The molecule has 3 N–H and O–H groups in total. The van der Waals surface area contributed by atoms with Crippen molar-refractivity contribution in [2.45, 2.75) is 64.0 Å². The van der Waals surface area contributed by atoms with E-state index in [4.69, 9.17) is 19.6 Å². The molecule has 2 aliphatic rings. The second-order valence-electron chi connectivity index (χ2n) is 10.1. The molecular weight excluding hydrogens is 448 g/mol. The average molecular weight is 481 g/mol. The molecule has 9 heteroatoms. The lowest BCUT2D eigenvalue weighted by Crippen LogP contribution is -2.46. The number of nitrogens with zero attached hydrogens (tertiary/aromatic N) is 3. The third kappa shape index (κ3) is 4.58. The molecule has 3 atom stereocenters. The summed E-state index contributed by atoms with van der Waals surface area (Å²) in [5.74, 6) is -1.09. The largest absolute Gasteiger partial charge is 0.519 e. The van der Waals surface area contributed by atoms with Crippen LogP contribution in [0.4, 0.5) is 0 Å². The Balaban J connectivity index is 1.60. The van der Waals surface area contributed by atoms with Crippen molar-refractivity contribution >= 4 is 5.97 Å². The number of imidazole rings is 1. The number of rotatable bonds is 8. The Morgan fingerprint density at radius 2 is 1.94 bits per heavy atom. The standard InChI is InChI=1S/C26H32N4O5/c1-15(2)11-21-22(35-26(33)34-21)12-18(24(25(31)32)29-10-9-17(27)13-29)23-20-8-7-16-5-3-4-6-19(16)30(20)14-28-23/h3-6,14-15,17-18,24H,7-13,27H2,1-2H3,(H,31,32)/t17-,18?,24-/m0/s1. The van der Waals surface area contributed by atoms with Crippen molar-refractivity contribution in [2.75, 3.05) is 13.1 Å². The highest BCUT2D eigenvalue weighted by Crippen LogP contribution is 2.36. The molecule has 0 aliphatic carbocycles. The van der Waals surface area contributed by atoms with Gasteiger partial charge in [0.05, 0.1) is 12.0 Å². The molecule has 2 aliphatic heterocycles. The Bertz CT molecular complexity index is 1270. The fourth-order valence-electron chi connectivity index (χ4n) is 5.59. The van der Waals surface area contributed by atoms with E-state index >= 15 is 0 Å². The van der Waals surface area contributed by atoms with E-state index in [1.807, 2.05) is 30.9 Å². The highest BCUT2D eigenvalue weighted by Gasteiger charge is 2.41. The Morgan fingerprint density at radius 1 is 1.20 bits per heavy atom. The SMILES string of the molecule is CC(C)Cc1oc(=O)oc1CC(c1ncn2c1CCc1ccccc1-2)[C@@H](C(=O)O)N1CC[C@H](N)C1. The van der Waals surface area contributed by atoms with Crippen LogP contribution in [0.1, 0.15) is 54.7 Å². The quantitative estimate of drug-likeness (QED) is 0.503. The number of carbonyl (C=O) groups is 1. The summed E-state index contributed by atoms with van der Waals surface area (Å²) < 4.78 is 12.9. The van der Waals surface area contributed by atoms with E-state index in [0.29, 0.717) is 31.0 Å². The number of aliphatic carboxylic acids is 1. The van der Waals surface area contributed by atoms with Crippen molar-refractivity contribution < 1.29 is 18.7 Å². The minimum absolute atomic E-state index is 0.0661. The van der Waals surface area contributed by atoms with Gasteiger partial charge in [0.15, 0.2) is 5.76 Å². The number of aryl methyl sites for hydroxylation is 1. The molecule has 35 heavy (non-hydrogen) atoms. The van der Waals surface area contributed by atoms with Crippen LogP contribution in [-0.4, -0.2) is 50.7 Å². The predicted octanol–water partition coefficient (Wildman–Crippen LogP) is 2.53. The molecule has 3 aromatic rings. The number of nitrogens with two attached hydrogens (primary N) is 1. The molecule has 0 radical (unpaired) electrons. The molecule has 2 aromatic heterocycles. The van der Waals surface area contributed by atoms with Crippen LogP contribution in [0.5, 0.6) is 0 Å². The lowest BCUT2D eigenvalue weighted by molar-refractivity contribution is -0.144. The number of carboxylic acid groups (broad SMARTS) is 1. The summed E-state index contributed by atoms with van der Waals surface area (Å²) in [7, 11) is 0. The maximum atomic E-state index is 12.7. The van der Waals surface area contributed by atoms with Gasteiger partial charge in [0.2, 0.25) is 0 Å². The number of hydrogen-bond acceptors (Lipinski definition) is 7. The summed E-state index contributed by atoms with van der Waals surface area (Å²) in [5, 5.41) is 10.4. The first-order valence-electron chi connectivity index (χ1n) is 12.3. The third-order valence-corrected chi connectivity index (χ3v) is 7.14. The Labute approximate surface area is 203 Å². The zero-order valence-electron chi connectivity index (χ0n) is 20.1. The molecule has 0 bridgehead atoms. The number of aromatic nitrogens is 2. The second kappa shape index (κ2) is 9.47. The van der Waals surface area contributed by atoms with Crippen LogP contribution in [-0.2, 0) is 30.5 Å². The van der Waals surface area contributed by atoms with Gasteiger partial charge in [0, 0.05) is 49.3 Å². The Hall–Kier alpha value is -3.17. The topological polar surface area (TPSA) is 128 Å². The number of carboxylic acids is 1. The summed E-state index contributed by atoms with van der Waals surface area (Å²) >= 11 is 0. The van der Waals surface area contributed by atoms with Crippen molar-refractivity contribution in [3.63, 3.8) is 0 Å². The number of likely N-dealkylation sites (tertiary alicyclic amines) is 1. The predicted molar refractivity (Wildman–Crippen MR) is 129 cm³/mol. The fourth-order valence-corrected chi connectivity index (χ4v) is 5.59. The molecule has 9 nitrogen and oxygen atoms in total. The molecule has 4 heterocycles. The highest BCUT2D eigenvalue weighted by atomic mass is 16.6. The first-order chi connectivity index (χ1) is 16.8. The van der Waals surface area contributed by atoms with Gasteiger partial charge in [-0.2, -0.15) is 0 Å². The monoisotopic (exact) mass is 480 g/mol. The van der Waals surface area contributed by atoms with Crippen LogP contribution in [0, 0.1) is 5.92 Å². The number of fused-ring (bicyclic) bond motifs is 3. The average Bonchev–Trinajstić information content (AvgIpc) is 3.51. The smallest absolute Gasteiger partial charge is 0.480 e. The van der Waals surface area contributed by atoms with Crippen LogP contribution in [0.3, 0.4) is 0 Å². The van der Waals surface area contributed by atoms with E-state index in [9.17, 15) is 14.7 Å². The van der Waals surface area contributed by atoms with Gasteiger partial charge in [-0.1, -0.05) is 32.0 Å². The van der Waals surface area contributed by atoms with Gasteiger partial charge >= 0.3 is 11.8 Å². The number of benzene rings is 1. The van der Waals surface area contributed by atoms with Gasteiger partial charge in [-0.15, -0.1) is 0 Å². The lowest BCUT2D eigenvalue weighted by Gasteiger charge is -2.31. The van der Waals surface area contributed by atoms with E-state index in [0.717, 1.165) is 36.3 Å². The van der Waals surface area contributed by atoms with Gasteiger partial charge in [-0.3, -0.25) is 9.69 Å². The van der Waals surface area contributed by atoms with Gasteiger partial charge in [0.25, 0.3) is 0 Å². The number of hydrogen-bond donors (Lipinski definition) is 2. The van der Waals surface area contributed by atoms with Crippen molar-refractivity contribution in [3.05, 3.63) is 69.7 Å². The molecule has 0 amide bonds. The van der Waals surface area contributed by atoms with Crippen LogP contribution in [0.2, 0.25) is 0 Å². The van der Waals surface area contributed by atoms with Crippen molar-refractivity contribution in [2.24, 2.45) is 11.7 Å². The molecule has 0 spiro atoms. The second-order valence-corrected chi connectivity index (χ2v) is 10.1. The molecule has 0 saturated carbocycles. The van der Waals surface area contributed by atoms with Crippen molar-refractivity contribution in [1.29, 1.82) is 0 Å². The number of para-hydroxylation sites is 1. The van der Waals surface area contributed by atoms with Crippen molar-refractivity contribution in [3.8, 4) is 5.69 Å². The minimum atomic E-state index is -0.932. The summed E-state index contributed by atoms with van der Waals surface area (Å²) in [6.45, 7) is 5.16. The minimum Gasteiger partial charge on any atom is -0.480 e. The van der Waals surface area contributed by atoms with Gasteiger partial charge in [-0.05, 0) is 36.8 Å². The zero-order chi connectivity index (χ0) is 24.7. The molecule has 5 rings (SSSR count). The van der Waals surface area contributed by atoms with Gasteiger partial charge in [-0.25, -0.2) is 9.78 Å². The van der Waals surface area contributed by atoms with Crippen molar-refractivity contribution in [1.82, 2.24) is 14.5 Å². The molecule has 1 aromatic carbocycles. The Kier molecular flexibility index (Phi) is 6.37. The summed E-state index contributed by atoms with van der Waals surface area (Å²) in [5.41, 5.74) is 10.2. The lowest BCUT2D eigenvalue weighted by atomic mass is 9.86. The van der Waals surface area contributed by atoms with E-state index < -0.39 is 23.8 Å². The van der Waals surface area contributed by atoms with E-state index in [1.54, 1.807) is 6.33 Å². The summed E-state index contributed by atoms with van der Waals surface area (Å²) in [4.78, 5) is 31.5. The maximum Gasteiger partial charge on any atom is 0.519 e. The Morgan fingerprint density at radius 3 is 2.63 bits per heavy atom. The molecule has 186 valence electrons. The zero-order valence-corrected chi connectivity index (χ0v) is 20.1. The first kappa shape index (κ1) is 23.6. The van der Waals surface area contributed by atoms with Crippen LogP contribution in [0.25, 0.3) is 5.69 Å². The molecule has 1 unspecified atom stereocenters. The molecule has 1 saturated heterocycles. The van der Waals surface area contributed by atoms with Gasteiger partial charge in [0.1, 0.15) is 11.8 Å². The van der Waals surface area contributed by atoms with Crippen LogP contribution < -0.4 is 11.6 Å². The third-order valence-electron chi connectivity index (χ3n) is 7.14. The van der Waals surface area contributed by atoms with E-state index in [-0.39, 0.29) is 18.4 Å². The van der Waals surface area contributed by atoms with Gasteiger partial charge < -0.3 is 24.2 Å². The van der Waals surface area contributed by atoms with E-state index in [1.165, 1.54) is 5.56 Å². The van der Waals surface area contributed by atoms with Crippen LogP contribution in [0.15, 0.2) is 44.2 Å². The summed E-state index contributed by atoms with van der Waals surface area (Å²) in [6.07, 6.45) is 4.88. The van der Waals surface area contributed by atoms with E-state index in [2.05, 4.69) is 16.7 Å². The molecule has 1 fully saturated rings. The fraction of sp³-hybridized carbons (Fsp3) is 0.500. The normalized spacial score (nSPS) is 19.5.